The Balaban J connectivity index is 2.36. The van der Waals surface area contributed by atoms with Gasteiger partial charge in [0.1, 0.15) is 0 Å². The van der Waals surface area contributed by atoms with Crippen molar-refractivity contribution in [3.05, 3.63) is 29.8 Å². The molecule has 1 fully saturated rings. The number of halogens is 4. The fraction of sp³-hybridized carbons (Fsp3) is 0.455. The van der Waals surface area contributed by atoms with Crippen LogP contribution in [0, 0.1) is 0 Å². The van der Waals surface area contributed by atoms with Crippen LogP contribution in [-0.2, 0) is 16.2 Å². The first-order valence-electron chi connectivity index (χ1n) is 5.53. The van der Waals surface area contributed by atoms with Crippen molar-refractivity contribution >= 4 is 26.0 Å². The highest BCUT2D eigenvalue weighted by Gasteiger charge is 2.35. The maximum absolute atomic E-state index is 12.6. The zero-order valence-electron chi connectivity index (χ0n) is 9.69. The van der Waals surface area contributed by atoms with Gasteiger partial charge in [0.25, 0.3) is 0 Å². The number of rotatable bonds is 2. The van der Waals surface area contributed by atoms with Gasteiger partial charge in [0.15, 0.2) is 0 Å². The third kappa shape index (κ3) is 3.11. The lowest BCUT2D eigenvalue weighted by atomic mass is 10.2. The fourth-order valence-corrected chi connectivity index (χ4v) is 4.18. The van der Waals surface area contributed by atoms with Crippen molar-refractivity contribution in [2.75, 3.05) is 13.1 Å². The number of hydrogen-bond acceptors (Lipinski definition) is 2. The molecule has 1 aliphatic heterocycles. The molecular formula is C11H11BrF3NO2S. The van der Waals surface area contributed by atoms with Crippen molar-refractivity contribution in [2.24, 2.45) is 0 Å². The van der Waals surface area contributed by atoms with Crippen LogP contribution >= 0.6 is 15.9 Å². The Morgan fingerprint density at radius 1 is 1.32 bits per heavy atom. The smallest absolute Gasteiger partial charge is 0.207 e. The van der Waals surface area contributed by atoms with Crippen LogP contribution in [0.15, 0.2) is 29.2 Å². The van der Waals surface area contributed by atoms with Crippen LogP contribution in [0.1, 0.15) is 12.0 Å². The van der Waals surface area contributed by atoms with E-state index in [1.165, 1.54) is 10.4 Å². The molecule has 0 aromatic heterocycles. The first-order chi connectivity index (χ1) is 8.71. The highest BCUT2D eigenvalue weighted by atomic mass is 79.9. The summed E-state index contributed by atoms with van der Waals surface area (Å²) in [4.78, 5) is -0.267. The van der Waals surface area contributed by atoms with Crippen LogP contribution in [0.4, 0.5) is 13.2 Å². The van der Waals surface area contributed by atoms with Crippen molar-refractivity contribution in [1.82, 2.24) is 4.31 Å². The SMILES string of the molecule is O=S(=O)(c1cccc(C(F)(F)F)c1)N1CCC(Br)C1. The van der Waals surface area contributed by atoms with Gasteiger partial charge in [-0.1, -0.05) is 22.0 Å². The predicted octanol–water partition coefficient (Wildman–Crippen LogP) is 2.86. The van der Waals surface area contributed by atoms with E-state index >= 15 is 0 Å². The highest BCUT2D eigenvalue weighted by Crippen LogP contribution is 2.32. The first kappa shape index (κ1) is 14.8. The van der Waals surface area contributed by atoms with Gasteiger partial charge in [-0.05, 0) is 24.6 Å². The minimum Gasteiger partial charge on any atom is -0.207 e. The van der Waals surface area contributed by atoms with Crippen molar-refractivity contribution in [2.45, 2.75) is 22.3 Å². The van der Waals surface area contributed by atoms with Gasteiger partial charge in [-0.15, -0.1) is 0 Å². The largest absolute Gasteiger partial charge is 0.416 e. The molecule has 1 unspecified atom stereocenters. The van der Waals surface area contributed by atoms with Crippen LogP contribution in [0.5, 0.6) is 0 Å². The number of nitrogens with zero attached hydrogens (tertiary/aromatic N) is 1. The molecule has 3 nitrogen and oxygen atoms in total. The molecule has 1 atom stereocenters. The number of hydrogen-bond donors (Lipinski definition) is 0. The molecule has 0 amide bonds. The van der Waals surface area contributed by atoms with E-state index < -0.39 is 21.8 Å². The van der Waals surface area contributed by atoms with Gasteiger partial charge in [0, 0.05) is 17.9 Å². The predicted molar refractivity (Wildman–Crippen MR) is 67.5 cm³/mol. The molecule has 0 spiro atoms. The number of alkyl halides is 4. The summed E-state index contributed by atoms with van der Waals surface area (Å²) in [5.41, 5.74) is -0.955. The summed E-state index contributed by atoms with van der Waals surface area (Å²) in [7, 11) is -3.85. The molecule has 19 heavy (non-hydrogen) atoms. The second kappa shape index (κ2) is 5.06. The summed E-state index contributed by atoms with van der Waals surface area (Å²) in [6.45, 7) is 0.590. The second-order valence-electron chi connectivity index (χ2n) is 4.27. The van der Waals surface area contributed by atoms with Gasteiger partial charge in [0.2, 0.25) is 10.0 Å². The Morgan fingerprint density at radius 2 is 2.00 bits per heavy atom. The normalized spacial score (nSPS) is 21.8. The average Bonchev–Trinajstić information content (AvgIpc) is 2.76. The van der Waals surface area contributed by atoms with Crippen molar-refractivity contribution in [1.29, 1.82) is 0 Å². The van der Waals surface area contributed by atoms with Gasteiger partial charge in [-0.25, -0.2) is 8.42 Å². The zero-order chi connectivity index (χ0) is 14.3. The van der Waals surface area contributed by atoms with Crippen LogP contribution in [-0.4, -0.2) is 30.6 Å². The minimum absolute atomic E-state index is 0.0491. The molecule has 0 aliphatic carbocycles. The molecule has 106 valence electrons. The molecule has 8 heteroatoms. The molecule has 0 saturated carbocycles. The summed E-state index contributed by atoms with van der Waals surface area (Å²) in [5.74, 6) is 0. The third-order valence-corrected chi connectivity index (χ3v) is 5.50. The lowest BCUT2D eigenvalue weighted by molar-refractivity contribution is -0.137. The molecule has 0 N–H and O–H groups in total. The lowest BCUT2D eigenvalue weighted by Gasteiger charge is -2.16. The van der Waals surface area contributed by atoms with Crippen LogP contribution < -0.4 is 0 Å². The Hall–Kier alpha value is -0.600. The Morgan fingerprint density at radius 3 is 2.53 bits per heavy atom. The van der Waals surface area contributed by atoms with Crippen LogP contribution in [0.25, 0.3) is 0 Å². The van der Waals surface area contributed by atoms with E-state index in [2.05, 4.69) is 15.9 Å². The Kier molecular flexibility index (Phi) is 3.95. The quantitative estimate of drug-likeness (QED) is 0.763. The van der Waals surface area contributed by atoms with Gasteiger partial charge in [-0.3, -0.25) is 0 Å². The maximum atomic E-state index is 12.6. The summed E-state index contributed by atoms with van der Waals surface area (Å²) in [6.07, 6.45) is -3.90. The van der Waals surface area contributed by atoms with Crippen molar-refractivity contribution < 1.29 is 21.6 Å². The fourth-order valence-electron chi connectivity index (χ4n) is 1.89. The molecule has 0 bridgehead atoms. The van der Waals surface area contributed by atoms with E-state index in [1.54, 1.807) is 0 Å². The molecule has 0 radical (unpaired) electrons. The minimum atomic E-state index is -4.55. The Labute approximate surface area is 117 Å². The van der Waals surface area contributed by atoms with Crippen LogP contribution in [0.2, 0.25) is 0 Å². The third-order valence-electron chi connectivity index (χ3n) is 2.89. The van der Waals surface area contributed by atoms with Gasteiger partial charge in [0.05, 0.1) is 10.5 Å². The zero-order valence-corrected chi connectivity index (χ0v) is 12.1. The van der Waals surface area contributed by atoms with Crippen molar-refractivity contribution in [3.63, 3.8) is 0 Å². The maximum Gasteiger partial charge on any atom is 0.416 e. The molecular weight excluding hydrogens is 347 g/mol. The number of benzene rings is 1. The van der Waals surface area contributed by atoms with Crippen molar-refractivity contribution in [3.8, 4) is 0 Å². The molecule has 2 rings (SSSR count). The van der Waals surface area contributed by atoms with E-state index in [0.717, 1.165) is 12.1 Å². The monoisotopic (exact) mass is 357 g/mol. The highest BCUT2D eigenvalue weighted by molar-refractivity contribution is 9.09. The summed E-state index contributed by atoms with van der Waals surface area (Å²) in [6, 6.07) is 3.83. The van der Waals surface area contributed by atoms with E-state index in [4.69, 9.17) is 0 Å². The topological polar surface area (TPSA) is 37.4 Å². The summed E-state index contributed by atoms with van der Waals surface area (Å²) < 4.78 is 63.3. The second-order valence-corrected chi connectivity index (χ2v) is 7.51. The summed E-state index contributed by atoms with van der Waals surface area (Å²) >= 11 is 3.30. The molecule has 1 aromatic carbocycles. The van der Waals surface area contributed by atoms with E-state index in [-0.39, 0.29) is 16.3 Å². The average molecular weight is 358 g/mol. The van der Waals surface area contributed by atoms with E-state index in [0.29, 0.717) is 19.0 Å². The van der Waals surface area contributed by atoms with Gasteiger partial charge in [-0.2, -0.15) is 17.5 Å². The standard InChI is InChI=1S/C11H11BrF3NO2S/c12-9-4-5-16(7-9)19(17,18)10-3-1-2-8(6-10)11(13,14)15/h1-3,6,9H,4-5,7H2. The Bertz CT molecular complexity index is 574. The first-order valence-corrected chi connectivity index (χ1v) is 7.88. The van der Waals surface area contributed by atoms with E-state index in [1.807, 2.05) is 0 Å². The molecule has 1 heterocycles. The van der Waals surface area contributed by atoms with Crippen LogP contribution in [0.3, 0.4) is 0 Å². The molecule has 1 aliphatic rings. The number of sulfonamides is 1. The molecule has 1 saturated heterocycles. The van der Waals surface area contributed by atoms with E-state index in [9.17, 15) is 21.6 Å². The lowest BCUT2D eigenvalue weighted by Crippen LogP contribution is -2.29. The summed E-state index contributed by atoms with van der Waals surface area (Å²) in [5, 5.41) is 0. The van der Waals surface area contributed by atoms with Gasteiger partial charge < -0.3 is 0 Å². The molecule has 1 aromatic rings. The van der Waals surface area contributed by atoms with Gasteiger partial charge >= 0.3 is 6.18 Å².